The minimum atomic E-state index is -0.636. The van der Waals surface area contributed by atoms with Crippen LogP contribution in [0.3, 0.4) is 0 Å². The van der Waals surface area contributed by atoms with Gasteiger partial charge < -0.3 is 14.7 Å². The number of phenolic OH excluding ortho intramolecular Hbond substituents is 1. The van der Waals surface area contributed by atoms with Crippen molar-refractivity contribution < 1.29 is 19.6 Å². The summed E-state index contributed by atoms with van der Waals surface area (Å²) in [6.07, 6.45) is 0. The maximum absolute atomic E-state index is 12.3. The Hall–Kier alpha value is -2.15. The molecule has 7 nitrogen and oxygen atoms in total. The number of likely N-dealkylation sites (N-methyl/N-ethyl adjacent to an activating group) is 1. The van der Waals surface area contributed by atoms with Crippen LogP contribution in [-0.4, -0.2) is 47.1 Å². The number of aromatic hydroxyl groups is 1. The van der Waals surface area contributed by atoms with Crippen molar-refractivity contribution >= 4 is 11.6 Å². The van der Waals surface area contributed by atoms with E-state index in [0.29, 0.717) is 26.3 Å². The van der Waals surface area contributed by atoms with Gasteiger partial charge in [0.25, 0.3) is 11.6 Å². The fourth-order valence-corrected chi connectivity index (χ4v) is 1.75. The summed E-state index contributed by atoms with van der Waals surface area (Å²) in [7, 11) is 0. The Morgan fingerprint density at radius 1 is 1.45 bits per heavy atom. The Bertz CT molecular complexity index is 490. The predicted molar refractivity (Wildman–Crippen MR) is 72.8 cm³/mol. The van der Waals surface area contributed by atoms with E-state index in [1.54, 1.807) is 6.92 Å². The molecule has 0 aromatic heterocycles. The molecular weight excluding hydrogens is 264 g/mol. The average molecular weight is 282 g/mol. The summed E-state index contributed by atoms with van der Waals surface area (Å²) in [6, 6.07) is 3.42. The van der Waals surface area contributed by atoms with Crippen LogP contribution in [0.2, 0.25) is 0 Å². The molecule has 1 N–H and O–H groups in total. The molecule has 7 heteroatoms. The maximum Gasteiger partial charge on any atom is 0.282 e. The molecule has 0 radical (unpaired) electrons. The normalized spacial score (nSPS) is 10.3. The van der Waals surface area contributed by atoms with Crippen LogP contribution in [0.4, 0.5) is 5.69 Å². The smallest absolute Gasteiger partial charge is 0.282 e. The molecular formula is C13H18N2O5. The third-order valence-electron chi connectivity index (χ3n) is 2.79. The quantitative estimate of drug-likeness (QED) is 0.467. The Morgan fingerprint density at radius 3 is 2.70 bits per heavy atom. The van der Waals surface area contributed by atoms with Gasteiger partial charge in [-0.25, -0.2) is 0 Å². The van der Waals surface area contributed by atoms with E-state index in [1.807, 2.05) is 6.92 Å². The summed E-state index contributed by atoms with van der Waals surface area (Å²) in [5, 5.41) is 20.4. The highest BCUT2D eigenvalue weighted by Gasteiger charge is 2.24. The molecule has 0 saturated heterocycles. The lowest BCUT2D eigenvalue weighted by molar-refractivity contribution is -0.385. The first kappa shape index (κ1) is 15.9. The molecule has 0 aliphatic heterocycles. The molecule has 110 valence electrons. The van der Waals surface area contributed by atoms with E-state index in [9.17, 15) is 20.0 Å². The molecule has 1 amide bonds. The van der Waals surface area contributed by atoms with Crippen LogP contribution in [0.25, 0.3) is 0 Å². The van der Waals surface area contributed by atoms with Gasteiger partial charge in [0.15, 0.2) is 0 Å². The number of ether oxygens (including phenoxy) is 1. The highest BCUT2D eigenvalue weighted by Crippen LogP contribution is 2.24. The second-order valence-corrected chi connectivity index (χ2v) is 4.04. The fourth-order valence-electron chi connectivity index (χ4n) is 1.75. The minimum absolute atomic E-state index is 0.117. The first-order valence-electron chi connectivity index (χ1n) is 6.35. The zero-order chi connectivity index (χ0) is 15.1. The van der Waals surface area contributed by atoms with E-state index in [4.69, 9.17) is 4.74 Å². The topological polar surface area (TPSA) is 92.9 Å². The van der Waals surface area contributed by atoms with E-state index in [1.165, 1.54) is 11.0 Å². The standard InChI is InChI=1S/C13H18N2O5/c1-3-14(7-8-20-4-2)13(17)11-9-10(16)5-6-12(11)15(18)19/h5-6,9,16H,3-4,7-8H2,1-2H3. The number of nitrogens with zero attached hydrogens (tertiary/aromatic N) is 2. The number of carbonyl (C=O) groups excluding carboxylic acids is 1. The van der Waals surface area contributed by atoms with Crippen molar-refractivity contribution in [2.24, 2.45) is 0 Å². The molecule has 0 fully saturated rings. The molecule has 0 heterocycles. The second-order valence-electron chi connectivity index (χ2n) is 4.04. The Balaban J connectivity index is 2.99. The van der Waals surface area contributed by atoms with Crippen molar-refractivity contribution in [2.45, 2.75) is 13.8 Å². The zero-order valence-electron chi connectivity index (χ0n) is 11.5. The van der Waals surface area contributed by atoms with Gasteiger partial charge in [-0.1, -0.05) is 0 Å². The molecule has 0 atom stereocenters. The highest BCUT2D eigenvalue weighted by atomic mass is 16.6. The van der Waals surface area contributed by atoms with Crippen molar-refractivity contribution in [1.82, 2.24) is 4.90 Å². The number of hydrogen-bond donors (Lipinski definition) is 1. The summed E-state index contributed by atoms with van der Waals surface area (Å²) in [4.78, 5) is 24.0. The van der Waals surface area contributed by atoms with Gasteiger partial charge in [0, 0.05) is 25.8 Å². The second kappa shape index (κ2) is 7.44. The van der Waals surface area contributed by atoms with Gasteiger partial charge in [0.2, 0.25) is 0 Å². The lowest BCUT2D eigenvalue weighted by atomic mass is 10.1. The fraction of sp³-hybridized carbons (Fsp3) is 0.462. The molecule has 1 aromatic carbocycles. The Morgan fingerprint density at radius 2 is 2.15 bits per heavy atom. The lowest BCUT2D eigenvalue weighted by Gasteiger charge is -2.20. The van der Waals surface area contributed by atoms with E-state index < -0.39 is 10.8 Å². The van der Waals surface area contributed by atoms with Crippen molar-refractivity contribution in [1.29, 1.82) is 0 Å². The molecule has 1 aromatic rings. The number of nitro groups is 1. The number of benzene rings is 1. The van der Waals surface area contributed by atoms with Crippen LogP contribution < -0.4 is 0 Å². The summed E-state index contributed by atoms with van der Waals surface area (Å²) in [6.45, 7) is 5.27. The molecule has 20 heavy (non-hydrogen) atoms. The number of hydrogen-bond acceptors (Lipinski definition) is 5. The van der Waals surface area contributed by atoms with Crippen LogP contribution in [0.15, 0.2) is 18.2 Å². The summed E-state index contributed by atoms with van der Waals surface area (Å²) in [5.74, 6) is -0.672. The van der Waals surface area contributed by atoms with Gasteiger partial charge in [-0.05, 0) is 26.0 Å². The van der Waals surface area contributed by atoms with E-state index >= 15 is 0 Å². The van der Waals surface area contributed by atoms with Gasteiger partial charge in [-0.15, -0.1) is 0 Å². The summed E-state index contributed by atoms with van der Waals surface area (Å²) in [5.41, 5.74) is -0.434. The van der Waals surface area contributed by atoms with Gasteiger partial charge in [0.1, 0.15) is 11.3 Å². The van der Waals surface area contributed by atoms with Crippen molar-refractivity contribution in [3.8, 4) is 5.75 Å². The van der Waals surface area contributed by atoms with Crippen molar-refractivity contribution in [2.75, 3.05) is 26.3 Å². The summed E-state index contributed by atoms with van der Waals surface area (Å²) < 4.78 is 5.18. The zero-order valence-corrected chi connectivity index (χ0v) is 11.5. The minimum Gasteiger partial charge on any atom is -0.508 e. The summed E-state index contributed by atoms with van der Waals surface area (Å²) >= 11 is 0. The van der Waals surface area contributed by atoms with Gasteiger partial charge in [-0.3, -0.25) is 14.9 Å². The van der Waals surface area contributed by atoms with Crippen LogP contribution >= 0.6 is 0 Å². The van der Waals surface area contributed by atoms with Crippen molar-refractivity contribution in [3.05, 3.63) is 33.9 Å². The van der Waals surface area contributed by atoms with Crippen LogP contribution in [-0.2, 0) is 4.74 Å². The first-order chi connectivity index (χ1) is 9.51. The molecule has 1 rings (SSSR count). The SMILES string of the molecule is CCOCCN(CC)C(=O)c1cc(O)ccc1[N+](=O)[O-]. The lowest BCUT2D eigenvalue weighted by Crippen LogP contribution is -2.34. The van der Waals surface area contributed by atoms with Crippen LogP contribution in [0.5, 0.6) is 5.75 Å². The van der Waals surface area contributed by atoms with Gasteiger partial charge in [0.05, 0.1) is 11.5 Å². The van der Waals surface area contributed by atoms with Gasteiger partial charge >= 0.3 is 0 Å². The van der Waals surface area contributed by atoms with Crippen LogP contribution in [0, 0.1) is 10.1 Å². The number of rotatable bonds is 7. The third-order valence-corrected chi connectivity index (χ3v) is 2.79. The number of nitro benzene ring substituents is 1. The number of phenols is 1. The van der Waals surface area contributed by atoms with E-state index in [2.05, 4.69) is 0 Å². The van der Waals surface area contributed by atoms with E-state index in [-0.39, 0.29) is 17.0 Å². The van der Waals surface area contributed by atoms with Crippen LogP contribution in [0.1, 0.15) is 24.2 Å². The predicted octanol–water partition coefficient (Wildman–Crippen LogP) is 1.80. The average Bonchev–Trinajstić information content (AvgIpc) is 2.42. The first-order valence-corrected chi connectivity index (χ1v) is 6.35. The monoisotopic (exact) mass is 282 g/mol. The molecule has 0 unspecified atom stereocenters. The maximum atomic E-state index is 12.3. The number of carbonyl (C=O) groups is 1. The molecule has 0 aliphatic rings. The Labute approximate surface area is 116 Å². The highest BCUT2D eigenvalue weighted by molar-refractivity contribution is 5.98. The van der Waals surface area contributed by atoms with Crippen molar-refractivity contribution in [3.63, 3.8) is 0 Å². The van der Waals surface area contributed by atoms with Gasteiger partial charge in [-0.2, -0.15) is 0 Å². The largest absolute Gasteiger partial charge is 0.508 e. The third kappa shape index (κ3) is 3.92. The van der Waals surface area contributed by atoms with E-state index in [0.717, 1.165) is 12.1 Å². The molecule has 0 saturated carbocycles. The molecule has 0 spiro atoms. The molecule has 0 bridgehead atoms. The molecule has 0 aliphatic carbocycles. The Kier molecular flexibility index (Phi) is 5.92. The number of amides is 1.